The van der Waals surface area contributed by atoms with Gasteiger partial charge in [-0.3, -0.25) is 0 Å². The molecule has 1 heterocycles. The summed E-state index contributed by atoms with van der Waals surface area (Å²) in [5.74, 6) is -0.311. The molecule has 0 aliphatic heterocycles. The van der Waals surface area contributed by atoms with Crippen LogP contribution in [0.15, 0.2) is 24.3 Å². The first-order valence-corrected chi connectivity index (χ1v) is 6.56. The Kier molecular flexibility index (Phi) is 4.17. The highest BCUT2D eigenvalue weighted by Gasteiger charge is 2.11. The average molecular weight is 265 g/mol. The fourth-order valence-electron chi connectivity index (χ4n) is 1.57. The van der Waals surface area contributed by atoms with Gasteiger partial charge in [0.1, 0.15) is 11.5 Å². The van der Waals surface area contributed by atoms with E-state index < -0.39 is 0 Å². The van der Waals surface area contributed by atoms with Gasteiger partial charge >= 0.3 is 5.97 Å². The van der Waals surface area contributed by atoms with Crippen molar-refractivity contribution in [2.45, 2.75) is 6.92 Å². The van der Waals surface area contributed by atoms with Crippen molar-refractivity contribution in [2.75, 3.05) is 25.6 Å². The van der Waals surface area contributed by atoms with Gasteiger partial charge in [-0.25, -0.2) is 4.79 Å². The molecule has 0 atom stereocenters. The van der Waals surface area contributed by atoms with Crippen LogP contribution in [0, 0.1) is 0 Å². The maximum absolute atomic E-state index is 11.8. The number of ether oxygens (including phenoxy) is 2. The fourth-order valence-corrected chi connectivity index (χ4v) is 2.51. The third-order valence-electron chi connectivity index (χ3n) is 2.41. The summed E-state index contributed by atoms with van der Waals surface area (Å²) in [5, 5.41) is 0.969. The van der Waals surface area contributed by atoms with Gasteiger partial charge in [0, 0.05) is 17.0 Å². The lowest BCUT2D eigenvalue weighted by molar-refractivity contribution is 0.0340. The zero-order chi connectivity index (χ0) is 13.0. The van der Waals surface area contributed by atoms with Crippen LogP contribution in [-0.2, 0) is 9.47 Å². The Labute approximate surface area is 109 Å². The van der Waals surface area contributed by atoms with Gasteiger partial charge in [-0.05, 0) is 36.6 Å². The van der Waals surface area contributed by atoms with Crippen LogP contribution < -0.4 is 5.73 Å². The molecule has 18 heavy (non-hydrogen) atoms. The molecule has 0 unspecified atom stereocenters. The molecule has 0 aliphatic rings. The number of fused-ring (bicyclic) bond motifs is 1. The van der Waals surface area contributed by atoms with Gasteiger partial charge in [0.25, 0.3) is 0 Å². The molecular weight excluding hydrogens is 250 g/mol. The van der Waals surface area contributed by atoms with Gasteiger partial charge in [0.05, 0.1) is 6.61 Å². The SMILES string of the molecule is CCOCCOC(=O)c1cc2cc(N)ccc2s1. The number of nitrogen functional groups attached to an aromatic ring is 1. The number of nitrogens with two attached hydrogens (primary N) is 1. The Hall–Kier alpha value is -1.59. The van der Waals surface area contributed by atoms with Gasteiger partial charge < -0.3 is 15.2 Å². The quantitative estimate of drug-likeness (QED) is 0.513. The fraction of sp³-hybridized carbons (Fsp3) is 0.308. The molecule has 0 fully saturated rings. The lowest BCUT2D eigenvalue weighted by atomic mass is 10.2. The van der Waals surface area contributed by atoms with Crippen molar-refractivity contribution < 1.29 is 14.3 Å². The molecule has 0 bridgehead atoms. The Balaban J connectivity index is 2.04. The highest BCUT2D eigenvalue weighted by atomic mass is 32.1. The Morgan fingerprint density at radius 3 is 2.94 bits per heavy atom. The van der Waals surface area contributed by atoms with Crippen LogP contribution in [0.4, 0.5) is 5.69 Å². The number of benzene rings is 1. The van der Waals surface area contributed by atoms with Crippen molar-refractivity contribution in [3.8, 4) is 0 Å². The maximum atomic E-state index is 11.8. The molecule has 0 saturated heterocycles. The summed E-state index contributed by atoms with van der Waals surface area (Å²) in [5.41, 5.74) is 6.39. The number of thiophene rings is 1. The van der Waals surface area contributed by atoms with Gasteiger partial charge in [-0.15, -0.1) is 11.3 Å². The lowest BCUT2D eigenvalue weighted by Gasteiger charge is -2.02. The summed E-state index contributed by atoms with van der Waals surface area (Å²) in [7, 11) is 0. The van der Waals surface area contributed by atoms with Crippen molar-refractivity contribution >= 4 is 33.1 Å². The predicted molar refractivity (Wildman–Crippen MR) is 73.0 cm³/mol. The van der Waals surface area contributed by atoms with Gasteiger partial charge in [0.2, 0.25) is 0 Å². The van der Waals surface area contributed by atoms with Crippen LogP contribution in [0.5, 0.6) is 0 Å². The normalized spacial score (nSPS) is 10.7. The van der Waals surface area contributed by atoms with Crippen LogP contribution in [0.3, 0.4) is 0 Å². The van der Waals surface area contributed by atoms with E-state index >= 15 is 0 Å². The number of anilines is 1. The second-order valence-corrected chi connectivity index (χ2v) is 4.82. The minimum Gasteiger partial charge on any atom is -0.459 e. The van der Waals surface area contributed by atoms with Gasteiger partial charge in [-0.2, -0.15) is 0 Å². The molecule has 1 aromatic carbocycles. The molecule has 0 aliphatic carbocycles. The number of hydrogen-bond donors (Lipinski definition) is 1. The first-order chi connectivity index (χ1) is 8.70. The molecule has 5 heteroatoms. The van der Waals surface area contributed by atoms with Crippen LogP contribution in [-0.4, -0.2) is 25.8 Å². The standard InChI is InChI=1S/C13H15NO3S/c1-2-16-5-6-17-13(15)12-8-9-7-10(14)3-4-11(9)18-12/h3-4,7-8H,2,5-6,14H2,1H3. The second-order valence-electron chi connectivity index (χ2n) is 3.74. The number of hydrogen-bond acceptors (Lipinski definition) is 5. The monoisotopic (exact) mass is 265 g/mol. The molecule has 1 aromatic heterocycles. The Bertz CT molecular complexity index is 550. The van der Waals surface area contributed by atoms with E-state index in [0.29, 0.717) is 23.8 Å². The van der Waals surface area contributed by atoms with E-state index in [-0.39, 0.29) is 12.6 Å². The minimum absolute atomic E-state index is 0.281. The van der Waals surface area contributed by atoms with E-state index in [9.17, 15) is 4.79 Å². The molecule has 0 saturated carbocycles. The molecule has 2 rings (SSSR count). The first-order valence-electron chi connectivity index (χ1n) is 5.74. The van der Waals surface area contributed by atoms with Crippen molar-refractivity contribution in [3.05, 3.63) is 29.1 Å². The van der Waals surface area contributed by atoms with E-state index in [1.807, 2.05) is 25.1 Å². The average Bonchev–Trinajstić information content (AvgIpc) is 2.77. The van der Waals surface area contributed by atoms with Crippen molar-refractivity contribution in [1.29, 1.82) is 0 Å². The van der Waals surface area contributed by atoms with E-state index in [4.69, 9.17) is 15.2 Å². The molecule has 2 N–H and O–H groups in total. The zero-order valence-corrected chi connectivity index (χ0v) is 11.0. The summed E-state index contributed by atoms with van der Waals surface area (Å²) in [6.07, 6.45) is 0. The van der Waals surface area contributed by atoms with E-state index in [1.54, 1.807) is 6.07 Å². The third kappa shape index (κ3) is 3.00. The molecule has 96 valence electrons. The topological polar surface area (TPSA) is 61.5 Å². The van der Waals surface area contributed by atoms with E-state index in [0.717, 1.165) is 10.1 Å². The van der Waals surface area contributed by atoms with Crippen molar-refractivity contribution in [3.63, 3.8) is 0 Å². The minimum atomic E-state index is -0.311. The van der Waals surface area contributed by atoms with Gasteiger partial charge in [-0.1, -0.05) is 0 Å². The first kappa shape index (κ1) is 12.9. The van der Waals surface area contributed by atoms with Crippen LogP contribution in [0.25, 0.3) is 10.1 Å². The largest absolute Gasteiger partial charge is 0.459 e. The Morgan fingerprint density at radius 2 is 2.17 bits per heavy atom. The second kappa shape index (κ2) is 5.84. The molecule has 0 radical (unpaired) electrons. The van der Waals surface area contributed by atoms with E-state index in [1.165, 1.54) is 11.3 Å². The van der Waals surface area contributed by atoms with Crippen LogP contribution in [0.1, 0.15) is 16.6 Å². The zero-order valence-electron chi connectivity index (χ0n) is 10.1. The number of carbonyl (C=O) groups excluding carboxylic acids is 1. The summed E-state index contributed by atoms with van der Waals surface area (Å²) < 4.78 is 11.2. The van der Waals surface area contributed by atoms with Crippen LogP contribution in [0.2, 0.25) is 0 Å². The van der Waals surface area contributed by atoms with E-state index in [2.05, 4.69) is 0 Å². The maximum Gasteiger partial charge on any atom is 0.348 e. The smallest absolute Gasteiger partial charge is 0.348 e. The molecule has 2 aromatic rings. The summed E-state index contributed by atoms with van der Waals surface area (Å²) >= 11 is 1.41. The van der Waals surface area contributed by atoms with Crippen molar-refractivity contribution in [1.82, 2.24) is 0 Å². The summed E-state index contributed by atoms with van der Waals surface area (Å²) in [6, 6.07) is 7.39. The lowest BCUT2D eigenvalue weighted by Crippen LogP contribution is -2.09. The predicted octanol–water partition coefficient (Wildman–Crippen LogP) is 2.68. The number of rotatable bonds is 5. The summed E-state index contributed by atoms with van der Waals surface area (Å²) in [6.45, 7) is 3.24. The van der Waals surface area contributed by atoms with Crippen LogP contribution >= 0.6 is 11.3 Å². The number of esters is 1. The highest BCUT2D eigenvalue weighted by molar-refractivity contribution is 7.20. The third-order valence-corrected chi connectivity index (χ3v) is 3.50. The molecule has 0 amide bonds. The Morgan fingerprint density at radius 1 is 1.33 bits per heavy atom. The molecular formula is C13H15NO3S. The molecule has 4 nitrogen and oxygen atoms in total. The highest BCUT2D eigenvalue weighted by Crippen LogP contribution is 2.27. The number of carbonyl (C=O) groups is 1. The summed E-state index contributed by atoms with van der Waals surface area (Å²) in [4.78, 5) is 12.4. The van der Waals surface area contributed by atoms with Gasteiger partial charge in [0.15, 0.2) is 0 Å². The molecule has 0 spiro atoms. The van der Waals surface area contributed by atoms with Crippen molar-refractivity contribution in [2.24, 2.45) is 0 Å².